The van der Waals surface area contributed by atoms with Crippen molar-refractivity contribution in [1.82, 2.24) is 25.2 Å². The Morgan fingerprint density at radius 3 is 2.52 bits per heavy atom. The highest BCUT2D eigenvalue weighted by atomic mass is 32.1. The number of likely N-dealkylation sites (tertiary alicyclic amines) is 1. The first-order valence-electron chi connectivity index (χ1n) is 15.7. The standard InChI is InChI=1S/C32H32F4N8OS/c33-16-3-7-43(8-4-16)14-32(5-6-32)15-45-31-41-27-21(30(42-31)44-12-17-1-2-18(13-44)40-17)11-39-26(25(27)36)19-9-22(34)24(35)28-23(19)20(10-37)29(38)46-28/h9,11,16-18,40H,1-8,12-15,38H2. The molecule has 2 unspecified atom stereocenters. The van der Waals surface area contributed by atoms with Crippen LogP contribution in [0, 0.1) is 34.2 Å². The van der Waals surface area contributed by atoms with E-state index in [4.69, 9.17) is 15.5 Å². The molecule has 2 atom stereocenters. The van der Waals surface area contributed by atoms with E-state index in [-0.39, 0.29) is 60.9 Å². The van der Waals surface area contributed by atoms with Crippen molar-refractivity contribution in [2.45, 2.75) is 56.8 Å². The highest BCUT2D eigenvalue weighted by molar-refractivity contribution is 7.23. The number of nitriles is 1. The predicted octanol–water partition coefficient (Wildman–Crippen LogP) is 5.31. The van der Waals surface area contributed by atoms with Gasteiger partial charge in [0.2, 0.25) is 0 Å². The molecule has 4 fully saturated rings. The average molecular weight is 653 g/mol. The van der Waals surface area contributed by atoms with Gasteiger partial charge in [-0.25, -0.2) is 17.6 Å². The van der Waals surface area contributed by atoms with Gasteiger partial charge in [-0.1, -0.05) is 0 Å². The van der Waals surface area contributed by atoms with Crippen molar-refractivity contribution in [3.05, 3.63) is 35.3 Å². The van der Waals surface area contributed by atoms with Gasteiger partial charge in [-0.15, -0.1) is 11.3 Å². The molecule has 1 aromatic carbocycles. The molecule has 0 amide bonds. The number of nitrogens with zero attached hydrogens (tertiary/aromatic N) is 6. The molecule has 4 aromatic rings. The molecule has 3 N–H and O–H groups in total. The minimum Gasteiger partial charge on any atom is -0.463 e. The number of piperidine rings is 1. The lowest BCUT2D eigenvalue weighted by atomic mass is 10.0. The Balaban J connectivity index is 1.20. The predicted molar refractivity (Wildman–Crippen MR) is 167 cm³/mol. The highest BCUT2D eigenvalue weighted by Crippen LogP contribution is 2.47. The summed E-state index contributed by atoms with van der Waals surface area (Å²) in [6.07, 6.45) is 5.76. The van der Waals surface area contributed by atoms with Crippen LogP contribution in [0.5, 0.6) is 6.01 Å². The summed E-state index contributed by atoms with van der Waals surface area (Å²) in [5.74, 6) is -2.72. The molecule has 46 heavy (non-hydrogen) atoms. The number of ether oxygens (including phenoxy) is 1. The van der Waals surface area contributed by atoms with Crippen LogP contribution < -0.4 is 20.7 Å². The number of aromatic nitrogens is 3. The number of pyridine rings is 1. The van der Waals surface area contributed by atoms with Gasteiger partial charge < -0.3 is 25.6 Å². The summed E-state index contributed by atoms with van der Waals surface area (Å²) in [5.41, 5.74) is 5.38. The lowest BCUT2D eigenvalue weighted by molar-refractivity contribution is 0.107. The number of thiophene rings is 1. The number of benzene rings is 1. The first-order chi connectivity index (χ1) is 22.2. The Morgan fingerprint density at radius 1 is 1.09 bits per heavy atom. The van der Waals surface area contributed by atoms with Gasteiger partial charge in [0.1, 0.15) is 34.3 Å². The number of nitrogens with one attached hydrogen (secondary N) is 1. The van der Waals surface area contributed by atoms with E-state index in [1.54, 1.807) is 0 Å². The van der Waals surface area contributed by atoms with Gasteiger partial charge in [-0.3, -0.25) is 4.98 Å². The summed E-state index contributed by atoms with van der Waals surface area (Å²) in [7, 11) is 0. The number of hydrogen-bond donors (Lipinski definition) is 2. The number of fused-ring (bicyclic) bond motifs is 4. The second-order valence-corrected chi connectivity index (χ2v) is 14.2. The van der Waals surface area contributed by atoms with Crippen LogP contribution in [0.4, 0.5) is 28.4 Å². The maximum absolute atomic E-state index is 16.7. The van der Waals surface area contributed by atoms with Crippen molar-refractivity contribution in [3.63, 3.8) is 0 Å². The largest absolute Gasteiger partial charge is 0.463 e. The first kappa shape index (κ1) is 29.6. The first-order valence-corrected chi connectivity index (χ1v) is 16.5. The van der Waals surface area contributed by atoms with Gasteiger partial charge in [0.25, 0.3) is 0 Å². The fraction of sp³-hybridized carbons (Fsp3) is 0.500. The monoisotopic (exact) mass is 652 g/mol. The van der Waals surface area contributed by atoms with Crippen LogP contribution >= 0.6 is 11.3 Å². The Hall–Kier alpha value is -3.80. The normalized spacial score (nSPS) is 22.9. The highest BCUT2D eigenvalue weighted by Gasteiger charge is 2.45. The van der Waals surface area contributed by atoms with Crippen molar-refractivity contribution in [2.75, 3.05) is 50.0 Å². The van der Waals surface area contributed by atoms with Crippen LogP contribution in [0.2, 0.25) is 0 Å². The quantitative estimate of drug-likeness (QED) is 0.256. The third-order valence-corrected chi connectivity index (χ3v) is 11.0. The third kappa shape index (κ3) is 5.09. The molecule has 14 heteroatoms. The van der Waals surface area contributed by atoms with Gasteiger partial charge >= 0.3 is 6.01 Å². The van der Waals surface area contributed by atoms with Gasteiger partial charge in [0.05, 0.1) is 22.3 Å². The van der Waals surface area contributed by atoms with Crippen LogP contribution in [0.3, 0.4) is 0 Å². The molecule has 3 aliphatic heterocycles. The lowest BCUT2D eigenvalue weighted by Crippen LogP contribution is -2.51. The van der Waals surface area contributed by atoms with Crippen molar-refractivity contribution in [1.29, 1.82) is 5.26 Å². The van der Waals surface area contributed by atoms with Gasteiger partial charge in [-0.05, 0) is 44.6 Å². The van der Waals surface area contributed by atoms with Crippen LogP contribution in [0.1, 0.15) is 44.1 Å². The van der Waals surface area contributed by atoms with Crippen molar-refractivity contribution >= 4 is 43.1 Å². The molecule has 6 heterocycles. The van der Waals surface area contributed by atoms with Crippen molar-refractivity contribution in [3.8, 4) is 23.3 Å². The lowest BCUT2D eigenvalue weighted by Gasteiger charge is -2.34. The van der Waals surface area contributed by atoms with E-state index in [1.807, 2.05) is 6.07 Å². The Labute approximate surface area is 266 Å². The maximum Gasteiger partial charge on any atom is 0.319 e. The number of nitrogens with two attached hydrogens (primary N) is 1. The van der Waals surface area contributed by atoms with E-state index < -0.39 is 23.6 Å². The molecular weight excluding hydrogens is 620 g/mol. The second-order valence-electron chi connectivity index (χ2n) is 13.2. The summed E-state index contributed by atoms with van der Waals surface area (Å²) >= 11 is 0.729. The molecule has 240 valence electrons. The van der Waals surface area contributed by atoms with Gasteiger partial charge in [0, 0.05) is 67.4 Å². The summed E-state index contributed by atoms with van der Waals surface area (Å²) in [5, 5.41) is 13.7. The molecular formula is C32H32F4N8OS. The zero-order chi connectivity index (χ0) is 31.7. The number of anilines is 2. The van der Waals surface area contributed by atoms with E-state index in [1.165, 1.54) is 6.20 Å². The van der Waals surface area contributed by atoms with E-state index in [9.17, 15) is 18.4 Å². The summed E-state index contributed by atoms with van der Waals surface area (Å²) in [6, 6.07) is 3.36. The molecule has 1 saturated carbocycles. The number of piperazine rings is 1. The Bertz CT molecular complexity index is 1890. The number of rotatable bonds is 7. The minimum absolute atomic E-state index is 0.00107. The molecule has 8 rings (SSSR count). The Morgan fingerprint density at radius 2 is 1.83 bits per heavy atom. The molecule has 3 aromatic heterocycles. The smallest absolute Gasteiger partial charge is 0.319 e. The van der Waals surface area contributed by atoms with E-state index in [0.717, 1.165) is 49.6 Å². The molecule has 2 bridgehead atoms. The molecule has 1 aliphatic carbocycles. The maximum atomic E-state index is 16.7. The van der Waals surface area contributed by atoms with Crippen LogP contribution in [-0.4, -0.2) is 77.4 Å². The zero-order valence-corrected chi connectivity index (χ0v) is 25.8. The topological polar surface area (TPSA) is 116 Å². The SMILES string of the molecule is N#Cc1c(N)sc2c(F)c(F)cc(-c3ncc4c(N5CC6CCC(C5)N6)nc(OCC5(CN6CCC(F)CC6)CC5)nc4c3F)c12. The number of halogens is 4. The summed E-state index contributed by atoms with van der Waals surface area (Å²) in [6.45, 7) is 3.90. The van der Waals surface area contributed by atoms with Crippen LogP contribution in [-0.2, 0) is 0 Å². The molecule has 9 nitrogen and oxygen atoms in total. The van der Waals surface area contributed by atoms with Crippen LogP contribution in [0.15, 0.2) is 12.3 Å². The van der Waals surface area contributed by atoms with Crippen molar-refractivity contribution in [2.24, 2.45) is 5.41 Å². The van der Waals surface area contributed by atoms with E-state index >= 15 is 4.39 Å². The van der Waals surface area contributed by atoms with Crippen molar-refractivity contribution < 1.29 is 22.3 Å². The molecule has 0 spiro atoms. The molecule has 0 radical (unpaired) electrons. The molecule has 3 saturated heterocycles. The summed E-state index contributed by atoms with van der Waals surface area (Å²) in [4.78, 5) is 18.1. The fourth-order valence-corrected chi connectivity index (χ4v) is 8.26. The number of hydrogen-bond acceptors (Lipinski definition) is 10. The van der Waals surface area contributed by atoms with E-state index in [2.05, 4.69) is 25.1 Å². The second kappa shape index (κ2) is 11.2. The van der Waals surface area contributed by atoms with E-state index in [0.29, 0.717) is 56.8 Å². The van der Waals surface area contributed by atoms with Crippen LogP contribution in [0.25, 0.3) is 32.2 Å². The summed E-state index contributed by atoms with van der Waals surface area (Å²) < 4.78 is 66.0. The number of nitrogen functional groups attached to an aromatic ring is 1. The third-order valence-electron chi connectivity index (χ3n) is 9.95. The molecule has 4 aliphatic rings. The van der Waals surface area contributed by atoms with Gasteiger partial charge in [-0.2, -0.15) is 15.2 Å². The average Bonchev–Trinajstić information content (AvgIpc) is 3.61. The minimum atomic E-state index is -1.20. The van der Waals surface area contributed by atoms with Gasteiger partial charge in [0.15, 0.2) is 17.5 Å². The fourth-order valence-electron chi connectivity index (χ4n) is 7.29. The Kier molecular flexibility index (Phi) is 7.19. The zero-order valence-electron chi connectivity index (χ0n) is 25.0. The number of alkyl halides is 1.